The summed E-state index contributed by atoms with van der Waals surface area (Å²) in [4.78, 5) is 12.1. The lowest BCUT2D eigenvalue weighted by molar-refractivity contribution is -0.122. The Morgan fingerprint density at radius 2 is 2.04 bits per heavy atom. The standard InChI is InChI=1S/C15H26N4O2.2ClH/c1-12-8-13(2)19(18-12)9-14(20)17-10-15(11-21-3)4-6-16-7-5-15;;/h8,16H,4-7,9-11H2,1-3H3,(H,17,20);2*1H. The minimum atomic E-state index is 0. The number of rotatable bonds is 6. The quantitative estimate of drug-likeness (QED) is 0.799. The van der Waals surface area contributed by atoms with Crippen LogP contribution >= 0.6 is 24.8 Å². The van der Waals surface area contributed by atoms with E-state index in [4.69, 9.17) is 4.74 Å². The van der Waals surface area contributed by atoms with E-state index >= 15 is 0 Å². The highest BCUT2D eigenvalue weighted by molar-refractivity contribution is 5.85. The summed E-state index contributed by atoms with van der Waals surface area (Å²) in [6, 6.07) is 1.98. The van der Waals surface area contributed by atoms with Crippen LogP contribution in [-0.4, -0.2) is 49.0 Å². The molecule has 1 aromatic heterocycles. The lowest BCUT2D eigenvalue weighted by atomic mass is 9.79. The Hall–Kier alpha value is -0.820. The minimum Gasteiger partial charge on any atom is -0.384 e. The van der Waals surface area contributed by atoms with Gasteiger partial charge in [0.1, 0.15) is 6.54 Å². The maximum absolute atomic E-state index is 12.1. The van der Waals surface area contributed by atoms with Gasteiger partial charge in [-0.25, -0.2) is 0 Å². The van der Waals surface area contributed by atoms with Crippen LogP contribution in [0.5, 0.6) is 0 Å². The molecule has 2 N–H and O–H groups in total. The fraction of sp³-hybridized carbons (Fsp3) is 0.733. The number of piperidine rings is 1. The molecule has 1 aliphatic rings. The Kier molecular flexibility index (Phi) is 9.77. The van der Waals surface area contributed by atoms with Crippen LogP contribution in [0.3, 0.4) is 0 Å². The third kappa shape index (κ3) is 6.30. The molecule has 23 heavy (non-hydrogen) atoms. The number of aryl methyl sites for hydroxylation is 2. The molecule has 0 unspecified atom stereocenters. The number of ether oxygens (including phenoxy) is 1. The van der Waals surface area contributed by atoms with E-state index in [1.807, 2.05) is 19.9 Å². The zero-order valence-corrected chi connectivity index (χ0v) is 15.7. The molecule has 1 saturated heterocycles. The zero-order valence-electron chi connectivity index (χ0n) is 14.1. The Labute approximate surface area is 150 Å². The number of carbonyl (C=O) groups is 1. The van der Waals surface area contributed by atoms with Crippen molar-refractivity contribution in [1.82, 2.24) is 20.4 Å². The molecule has 0 radical (unpaired) electrons. The van der Waals surface area contributed by atoms with Gasteiger partial charge in [-0.2, -0.15) is 5.10 Å². The number of aromatic nitrogens is 2. The molecule has 2 rings (SSSR count). The highest BCUT2D eigenvalue weighted by Gasteiger charge is 2.32. The van der Waals surface area contributed by atoms with Gasteiger partial charge in [0, 0.05) is 24.8 Å². The summed E-state index contributed by atoms with van der Waals surface area (Å²) in [5, 5.41) is 10.7. The number of carbonyl (C=O) groups excluding carboxylic acids is 1. The van der Waals surface area contributed by atoms with E-state index in [0.717, 1.165) is 37.3 Å². The molecule has 1 fully saturated rings. The monoisotopic (exact) mass is 366 g/mol. The van der Waals surface area contributed by atoms with Gasteiger partial charge in [0.2, 0.25) is 5.91 Å². The SMILES string of the molecule is COCC1(CNC(=O)Cn2nc(C)cc2C)CCNCC1.Cl.Cl. The van der Waals surface area contributed by atoms with Crippen LogP contribution in [-0.2, 0) is 16.1 Å². The number of nitrogens with one attached hydrogen (secondary N) is 2. The van der Waals surface area contributed by atoms with Crippen LogP contribution in [0.15, 0.2) is 6.07 Å². The Morgan fingerprint density at radius 3 is 2.57 bits per heavy atom. The van der Waals surface area contributed by atoms with Crippen molar-refractivity contribution in [2.75, 3.05) is 33.4 Å². The van der Waals surface area contributed by atoms with Crippen molar-refractivity contribution >= 4 is 30.7 Å². The maximum Gasteiger partial charge on any atom is 0.241 e. The number of methoxy groups -OCH3 is 1. The predicted molar refractivity (Wildman–Crippen MR) is 95.6 cm³/mol. The number of hydrogen-bond acceptors (Lipinski definition) is 4. The average molecular weight is 367 g/mol. The summed E-state index contributed by atoms with van der Waals surface area (Å²) in [6.07, 6.45) is 2.06. The van der Waals surface area contributed by atoms with Gasteiger partial charge < -0.3 is 15.4 Å². The Morgan fingerprint density at radius 1 is 1.39 bits per heavy atom. The van der Waals surface area contributed by atoms with Crippen LogP contribution in [0.1, 0.15) is 24.2 Å². The largest absolute Gasteiger partial charge is 0.384 e. The topological polar surface area (TPSA) is 68.2 Å². The first kappa shape index (κ1) is 22.2. The second-order valence-corrected chi connectivity index (χ2v) is 6.04. The predicted octanol–water partition coefficient (Wildman–Crippen LogP) is 1.48. The van der Waals surface area contributed by atoms with Crippen LogP contribution in [0.25, 0.3) is 0 Å². The van der Waals surface area contributed by atoms with Gasteiger partial charge in [0.15, 0.2) is 0 Å². The molecular weight excluding hydrogens is 339 g/mol. The van der Waals surface area contributed by atoms with Crippen molar-refractivity contribution in [3.8, 4) is 0 Å². The van der Waals surface area contributed by atoms with Crippen molar-refractivity contribution in [2.45, 2.75) is 33.2 Å². The van der Waals surface area contributed by atoms with Crippen molar-refractivity contribution < 1.29 is 9.53 Å². The molecule has 0 aromatic carbocycles. The highest BCUT2D eigenvalue weighted by Crippen LogP contribution is 2.28. The summed E-state index contributed by atoms with van der Waals surface area (Å²) in [7, 11) is 1.72. The molecule has 0 spiro atoms. The Bertz CT molecular complexity index is 482. The maximum atomic E-state index is 12.1. The van der Waals surface area contributed by atoms with E-state index in [0.29, 0.717) is 13.2 Å². The fourth-order valence-corrected chi connectivity index (χ4v) is 2.95. The molecule has 1 aliphatic heterocycles. The van der Waals surface area contributed by atoms with E-state index in [1.165, 1.54) is 0 Å². The van der Waals surface area contributed by atoms with Gasteiger partial charge in [-0.3, -0.25) is 9.48 Å². The normalized spacial score (nSPS) is 16.1. The lowest BCUT2D eigenvalue weighted by Crippen LogP contribution is -2.47. The number of halogens is 2. The summed E-state index contributed by atoms with van der Waals surface area (Å²) >= 11 is 0. The van der Waals surface area contributed by atoms with Gasteiger partial charge in [-0.1, -0.05) is 0 Å². The third-order valence-corrected chi connectivity index (χ3v) is 4.17. The van der Waals surface area contributed by atoms with Crippen molar-refractivity contribution in [2.24, 2.45) is 5.41 Å². The molecule has 6 nitrogen and oxygen atoms in total. The second-order valence-electron chi connectivity index (χ2n) is 6.04. The molecule has 134 valence electrons. The van der Waals surface area contributed by atoms with E-state index in [-0.39, 0.29) is 42.7 Å². The summed E-state index contributed by atoms with van der Waals surface area (Å²) in [5.41, 5.74) is 2.01. The summed E-state index contributed by atoms with van der Waals surface area (Å²) in [6.45, 7) is 7.50. The van der Waals surface area contributed by atoms with E-state index in [1.54, 1.807) is 11.8 Å². The van der Waals surface area contributed by atoms with E-state index < -0.39 is 0 Å². The first-order valence-corrected chi connectivity index (χ1v) is 7.52. The number of nitrogens with zero attached hydrogens (tertiary/aromatic N) is 2. The highest BCUT2D eigenvalue weighted by atomic mass is 35.5. The van der Waals surface area contributed by atoms with Gasteiger partial charge in [-0.15, -0.1) is 24.8 Å². The van der Waals surface area contributed by atoms with Crippen molar-refractivity contribution in [1.29, 1.82) is 0 Å². The van der Waals surface area contributed by atoms with Gasteiger partial charge in [-0.05, 0) is 45.8 Å². The Balaban J connectivity index is 0.00000242. The van der Waals surface area contributed by atoms with E-state index in [2.05, 4.69) is 15.7 Å². The molecule has 0 bridgehead atoms. The fourth-order valence-electron chi connectivity index (χ4n) is 2.95. The van der Waals surface area contributed by atoms with Crippen LogP contribution < -0.4 is 10.6 Å². The number of hydrogen-bond donors (Lipinski definition) is 2. The van der Waals surface area contributed by atoms with E-state index in [9.17, 15) is 4.79 Å². The van der Waals surface area contributed by atoms with Crippen LogP contribution in [0.2, 0.25) is 0 Å². The molecule has 8 heteroatoms. The van der Waals surface area contributed by atoms with Gasteiger partial charge in [0.05, 0.1) is 12.3 Å². The molecule has 0 atom stereocenters. The average Bonchev–Trinajstić information content (AvgIpc) is 2.76. The summed E-state index contributed by atoms with van der Waals surface area (Å²) in [5.74, 6) is 0.00945. The lowest BCUT2D eigenvalue weighted by Gasteiger charge is -2.37. The van der Waals surface area contributed by atoms with Gasteiger partial charge >= 0.3 is 0 Å². The zero-order chi connectivity index (χ0) is 15.3. The second kappa shape index (κ2) is 10.1. The molecule has 0 aliphatic carbocycles. The van der Waals surface area contributed by atoms with Gasteiger partial charge in [0.25, 0.3) is 0 Å². The summed E-state index contributed by atoms with van der Waals surface area (Å²) < 4.78 is 7.11. The van der Waals surface area contributed by atoms with Crippen molar-refractivity contribution in [3.63, 3.8) is 0 Å². The number of amides is 1. The minimum absolute atomic E-state index is 0. The molecular formula is C15H28Cl2N4O2. The van der Waals surface area contributed by atoms with Crippen LogP contribution in [0.4, 0.5) is 0 Å². The molecule has 0 saturated carbocycles. The molecule has 1 amide bonds. The van der Waals surface area contributed by atoms with Crippen molar-refractivity contribution in [3.05, 3.63) is 17.5 Å². The third-order valence-electron chi connectivity index (χ3n) is 4.17. The molecule has 2 heterocycles. The molecule has 1 aromatic rings. The van der Waals surface area contributed by atoms with Crippen LogP contribution in [0, 0.1) is 19.3 Å². The first-order chi connectivity index (χ1) is 10.0. The smallest absolute Gasteiger partial charge is 0.241 e. The first-order valence-electron chi connectivity index (χ1n) is 7.52.